The van der Waals surface area contributed by atoms with Crippen molar-refractivity contribution in [1.82, 2.24) is 0 Å². The van der Waals surface area contributed by atoms with Crippen molar-refractivity contribution in [1.29, 1.82) is 0 Å². The minimum absolute atomic E-state index is 0. The fourth-order valence-electron chi connectivity index (χ4n) is 4.18. The van der Waals surface area contributed by atoms with Gasteiger partial charge in [-0.1, -0.05) is 129 Å². The summed E-state index contributed by atoms with van der Waals surface area (Å²) in [5, 5.41) is 0. The number of rotatable bonds is 31. The normalized spacial score (nSPS) is 12.1. The molecule has 0 saturated heterocycles. The molecule has 0 radical (unpaired) electrons. The SMILES string of the molecule is CCCCCCCCCCCCOP(=O)(OCCCCCCCCCCCC)OCCCCOS(=O)(=O)[O-].[Na+]. The fourth-order valence-corrected chi connectivity index (χ4v) is 5.79. The molecule has 0 fully saturated rings. The van der Waals surface area contributed by atoms with Crippen LogP contribution in [0.5, 0.6) is 0 Å². The molecular formula is C28H58NaO8PS. The van der Waals surface area contributed by atoms with Gasteiger partial charge in [0, 0.05) is 0 Å². The van der Waals surface area contributed by atoms with E-state index in [0.717, 1.165) is 38.5 Å². The summed E-state index contributed by atoms with van der Waals surface area (Å²) < 4.78 is 65.4. The maximum absolute atomic E-state index is 13.1. The van der Waals surface area contributed by atoms with Gasteiger partial charge in [0.25, 0.3) is 0 Å². The van der Waals surface area contributed by atoms with Gasteiger partial charge in [0.2, 0.25) is 10.4 Å². The molecule has 0 atom stereocenters. The van der Waals surface area contributed by atoms with Crippen LogP contribution in [0.15, 0.2) is 0 Å². The van der Waals surface area contributed by atoms with Crippen LogP contribution in [0.3, 0.4) is 0 Å². The Morgan fingerprint density at radius 3 is 1.05 bits per heavy atom. The van der Waals surface area contributed by atoms with E-state index in [1.165, 1.54) is 89.9 Å². The summed E-state index contributed by atoms with van der Waals surface area (Å²) >= 11 is 0. The van der Waals surface area contributed by atoms with Crippen LogP contribution in [-0.4, -0.2) is 39.4 Å². The largest absolute Gasteiger partial charge is 1.00 e. The van der Waals surface area contributed by atoms with E-state index >= 15 is 0 Å². The molecule has 0 aliphatic heterocycles. The predicted octanol–water partition coefficient (Wildman–Crippen LogP) is 6.25. The number of hydrogen-bond acceptors (Lipinski definition) is 8. The molecule has 0 unspecified atom stereocenters. The molecule has 11 heteroatoms. The Morgan fingerprint density at radius 1 is 0.487 bits per heavy atom. The van der Waals surface area contributed by atoms with Crippen LogP contribution in [0.25, 0.3) is 0 Å². The summed E-state index contributed by atoms with van der Waals surface area (Å²) in [7, 11) is -8.37. The Kier molecular flexibility index (Phi) is 32.9. The zero-order chi connectivity index (χ0) is 28.2. The van der Waals surface area contributed by atoms with Crippen LogP contribution in [0.1, 0.15) is 155 Å². The van der Waals surface area contributed by atoms with Crippen molar-refractivity contribution < 1.29 is 64.8 Å². The van der Waals surface area contributed by atoms with Crippen molar-refractivity contribution in [2.75, 3.05) is 26.4 Å². The van der Waals surface area contributed by atoms with Crippen LogP contribution in [0.4, 0.5) is 0 Å². The Balaban J connectivity index is 0. The first kappa shape index (κ1) is 42.1. The summed E-state index contributed by atoms with van der Waals surface area (Å²) in [5.41, 5.74) is 0. The zero-order valence-corrected chi connectivity index (χ0v) is 29.2. The van der Waals surface area contributed by atoms with Gasteiger partial charge in [-0.25, -0.2) is 13.0 Å². The second kappa shape index (κ2) is 30.4. The van der Waals surface area contributed by atoms with Gasteiger partial charge in [0.15, 0.2) is 0 Å². The van der Waals surface area contributed by atoms with E-state index in [0.29, 0.717) is 26.1 Å². The summed E-state index contributed by atoms with van der Waals surface area (Å²) in [6.07, 6.45) is 24.7. The van der Waals surface area contributed by atoms with Gasteiger partial charge in [-0.3, -0.25) is 17.8 Å². The summed E-state index contributed by atoms with van der Waals surface area (Å²) in [4.78, 5) is 0. The van der Waals surface area contributed by atoms with E-state index in [1.807, 2.05) is 0 Å². The van der Waals surface area contributed by atoms with Crippen LogP contribution in [-0.2, 0) is 32.7 Å². The van der Waals surface area contributed by atoms with Gasteiger partial charge in [0.1, 0.15) is 0 Å². The standard InChI is InChI=1S/C28H59O8PS.Na/c1-3-5-7-9-11-13-15-17-19-21-25-33-37(29,35-27-23-24-28-36-38(30,31)32)34-26-22-20-18-16-14-12-10-8-6-4-2;/h3-28H2,1-2H3,(H,30,31,32);/q;+1/p-1. The van der Waals surface area contributed by atoms with Crippen LogP contribution in [0.2, 0.25) is 0 Å². The smallest absolute Gasteiger partial charge is 0.726 e. The van der Waals surface area contributed by atoms with E-state index in [2.05, 4.69) is 18.0 Å². The second-order valence-electron chi connectivity index (χ2n) is 10.2. The summed E-state index contributed by atoms with van der Waals surface area (Å²) in [6, 6.07) is 0. The first-order valence-corrected chi connectivity index (χ1v) is 18.3. The quantitative estimate of drug-likeness (QED) is 0.0299. The average Bonchev–Trinajstić information content (AvgIpc) is 2.87. The van der Waals surface area contributed by atoms with Gasteiger partial charge in [-0.15, -0.1) is 0 Å². The molecule has 0 aliphatic rings. The minimum atomic E-state index is -4.69. The maximum Gasteiger partial charge on any atom is 1.00 e. The Labute approximate surface area is 263 Å². The van der Waals surface area contributed by atoms with E-state index in [9.17, 15) is 17.5 Å². The number of unbranched alkanes of at least 4 members (excludes halogenated alkanes) is 19. The second-order valence-corrected chi connectivity index (χ2v) is 13.0. The molecule has 0 bridgehead atoms. The number of phosphoric acid groups is 1. The fraction of sp³-hybridized carbons (Fsp3) is 1.00. The van der Waals surface area contributed by atoms with E-state index in [4.69, 9.17) is 13.6 Å². The molecule has 0 aromatic carbocycles. The molecule has 8 nitrogen and oxygen atoms in total. The number of hydrogen-bond donors (Lipinski definition) is 0. The Morgan fingerprint density at radius 2 is 0.744 bits per heavy atom. The molecule has 0 heterocycles. The molecule has 0 aromatic rings. The first-order valence-electron chi connectivity index (χ1n) is 15.5. The molecule has 0 rings (SSSR count). The molecular weight excluding hydrogens is 550 g/mol. The molecule has 0 saturated carbocycles. The third kappa shape index (κ3) is 33.3. The Bertz CT molecular complexity index is 621. The molecule has 0 spiro atoms. The van der Waals surface area contributed by atoms with E-state index < -0.39 is 18.2 Å². The van der Waals surface area contributed by atoms with Crippen molar-refractivity contribution in [3.63, 3.8) is 0 Å². The van der Waals surface area contributed by atoms with Crippen LogP contribution >= 0.6 is 7.82 Å². The average molecular weight is 609 g/mol. The van der Waals surface area contributed by atoms with Gasteiger partial charge >= 0.3 is 37.4 Å². The van der Waals surface area contributed by atoms with Gasteiger partial charge < -0.3 is 4.55 Å². The summed E-state index contributed by atoms with van der Waals surface area (Å²) in [5.74, 6) is 0. The zero-order valence-electron chi connectivity index (χ0n) is 25.5. The molecule has 230 valence electrons. The first-order chi connectivity index (χ1) is 18.3. The van der Waals surface area contributed by atoms with Crippen molar-refractivity contribution in [3.8, 4) is 0 Å². The van der Waals surface area contributed by atoms with Crippen LogP contribution < -0.4 is 29.6 Å². The van der Waals surface area contributed by atoms with Gasteiger partial charge in [0.05, 0.1) is 26.4 Å². The van der Waals surface area contributed by atoms with E-state index in [-0.39, 0.29) is 42.8 Å². The summed E-state index contributed by atoms with van der Waals surface area (Å²) in [6.45, 7) is 4.96. The molecule has 0 aromatic heterocycles. The monoisotopic (exact) mass is 608 g/mol. The maximum atomic E-state index is 13.1. The van der Waals surface area contributed by atoms with Crippen LogP contribution in [0, 0.1) is 0 Å². The molecule has 0 N–H and O–H groups in total. The topological polar surface area (TPSA) is 111 Å². The number of phosphoric ester groups is 1. The van der Waals surface area contributed by atoms with Crippen molar-refractivity contribution >= 4 is 18.2 Å². The van der Waals surface area contributed by atoms with E-state index in [1.54, 1.807) is 0 Å². The van der Waals surface area contributed by atoms with Crippen molar-refractivity contribution in [2.24, 2.45) is 0 Å². The van der Waals surface area contributed by atoms with Gasteiger partial charge in [-0.2, -0.15) is 0 Å². The van der Waals surface area contributed by atoms with Crippen molar-refractivity contribution in [2.45, 2.75) is 155 Å². The van der Waals surface area contributed by atoms with Crippen molar-refractivity contribution in [3.05, 3.63) is 0 Å². The third-order valence-electron chi connectivity index (χ3n) is 6.51. The third-order valence-corrected chi connectivity index (χ3v) is 8.46. The predicted molar refractivity (Wildman–Crippen MR) is 154 cm³/mol. The molecule has 39 heavy (non-hydrogen) atoms. The molecule has 0 aliphatic carbocycles. The molecule has 0 amide bonds. The van der Waals surface area contributed by atoms with Gasteiger partial charge in [-0.05, 0) is 25.7 Å². The minimum Gasteiger partial charge on any atom is -0.726 e. The Hall–Kier alpha value is 0.980.